The standard InChI is InChI=1S/C20H25N3O2/c1-2-3-4-5-8-13-23-17-11-7-6-10-16(17)22-19(23)15-21-20(24)18-12-9-14-25-18/h6-7,9-12,14H,2-5,8,13,15H2,1H3,(H,21,24). The van der Waals surface area contributed by atoms with E-state index >= 15 is 0 Å². The number of nitrogens with zero attached hydrogens (tertiary/aromatic N) is 2. The van der Waals surface area contributed by atoms with Crippen molar-refractivity contribution in [2.24, 2.45) is 0 Å². The molecule has 2 aromatic heterocycles. The van der Waals surface area contributed by atoms with Crippen molar-refractivity contribution in [1.82, 2.24) is 14.9 Å². The summed E-state index contributed by atoms with van der Waals surface area (Å²) in [5.41, 5.74) is 2.10. The predicted octanol–water partition coefficient (Wildman–Crippen LogP) is 4.53. The van der Waals surface area contributed by atoms with Crippen molar-refractivity contribution in [2.75, 3.05) is 0 Å². The van der Waals surface area contributed by atoms with Crippen molar-refractivity contribution in [3.63, 3.8) is 0 Å². The largest absolute Gasteiger partial charge is 0.459 e. The van der Waals surface area contributed by atoms with Gasteiger partial charge in [0.1, 0.15) is 5.82 Å². The minimum atomic E-state index is -0.216. The van der Waals surface area contributed by atoms with Crippen molar-refractivity contribution in [3.8, 4) is 0 Å². The third-order valence-electron chi connectivity index (χ3n) is 4.37. The summed E-state index contributed by atoms with van der Waals surface area (Å²) >= 11 is 0. The highest BCUT2D eigenvalue weighted by atomic mass is 16.3. The third kappa shape index (κ3) is 4.29. The molecular weight excluding hydrogens is 314 g/mol. The van der Waals surface area contributed by atoms with E-state index in [-0.39, 0.29) is 5.91 Å². The number of nitrogens with one attached hydrogen (secondary N) is 1. The van der Waals surface area contributed by atoms with Gasteiger partial charge in [-0.05, 0) is 30.7 Å². The van der Waals surface area contributed by atoms with Crippen LogP contribution >= 0.6 is 0 Å². The zero-order valence-electron chi connectivity index (χ0n) is 14.7. The molecule has 1 N–H and O–H groups in total. The van der Waals surface area contributed by atoms with E-state index in [0.29, 0.717) is 12.3 Å². The van der Waals surface area contributed by atoms with Gasteiger partial charge in [-0.2, -0.15) is 0 Å². The molecule has 0 atom stereocenters. The summed E-state index contributed by atoms with van der Waals surface area (Å²) in [5.74, 6) is 0.991. The number of rotatable bonds is 9. The molecule has 0 bridgehead atoms. The molecule has 0 radical (unpaired) electrons. The number of furan rings is 1. The zero-order valence-corrected chi connectivity index (χ0v) is 14.7. The second-order valence-electron chi connectivity index (χ2n) is 6.24. The quantitative estimate of drug-likeness (QED) is 0.583. The van der Waals surface area contributed by atoms with Crippen LogP contribution in [0.1, 0.15) is 55.4 Å². The maximum absolute atomic E-state index is 12.1. The number of carbonyl (C=O) groups is 1. The van der Waals surface area contributed by atoms with Crippen LogP contribution in [0.5, 0.6) is 0 Å². The number of hydrogen-bond donors (Lipinski definition) is 1. The van der Waals surface area contributed by atoms with Crippen LogP contribution in [-0.4, -0.2) is 15.5 Å². The first kappa shape index (κ1) is 17.3. The summed E-state index contributed by atoms with van der Waals surface area (Å²) in [4.78, 5) is 16.8. The maximum atomic E-state index is 12.1. The summed E-state index contributed by atoms with van der Waals surface area (Å²) in [7, 11) is 0. The van der Waals surface area contributed by atoms with Crippen molar-refractivity contribution >= 4 is 16.9 Å². The molecule has 5 nitrogen and oxygen atoms in total. The Labute approximate surface area is 148 Å². The van der Waals surface area contributed by atoms with E-state index in [2.05, 4.69) is 22.9 Å². The molecule has 1 aromatic carbocycles. The van der Waals surface area contributed by atoms with Crippen molar-refractivity contribution in [2.45, 2.75) is 52.1 Å². The van der Waals surface area contributed by atoms with Crippen LogP contribution in [0.2, 0.25) is 0 Å². The van der Waals surface area contributed by atoms with Gasteiger partial charge in [0.2, 0.25) is 0 Å². The molecule has 1 amide bonds. The van der Waals surface area contributed by atoms with Gasteiger partial charge < -0.3 is 14.3 Å². The van der Waals surface area contributed by atoms with Crippen molar-refractivity contribution in [3.05, 3.63) is 54.2 Å². The first-order valence-corrected chi connectivity index (χ1v) is 9.05. The van der Waals surface area contributed by atoms with Crippen LogP contribution in [0.3, 0.4) is 0 Å². The van der Waals surface area contributed by atoms with E-state index in [1.165, 1.54) is 31.9 Å². The number of benzene rings is 1. The van der Waals surface area contributed by atoms with Gasteiger partial charge in [-0.3, -0.25) is 4.79 Å². The predicted molar refractivity (Wildman–Crippen MR) is 98.4 cm³/mol. The van der Waals surface area contributed by atoms with Gasteiger partial charge in [0, 0.05) is 6.54 Å². The highest BCUT2D eigenvalue weighted by Crippen LogP contribution is 2.18. The van der Waals surface area contributed by atoms with Crippen LogP contribution in [0, 0.1) is 0 Å². The molecule has 0 aliphatic carbocycles. The maximum Gasteiger partial charge on any atom is 0.287 e. The fourth-order valence-corrected chi connectivity index (χ4v) is 3.04. The fraction of sp³-hybridized carbons (Fsp3) is 0.400. The van der Waals surface area contributed by atoms with E-state index in [4.69, 9.17) is 9.40 Å². The Bertz CT molecular complexity index is 806. The average Bonchev–Trinajstić information content (AvgIpc) is 3.28. The highest BCUT2D eigenvalue weighted by Gasteiger charge is 2.13. The molecular formula is C20H25N3O2. The number of imidazole rings is 1. The molecule has 25 heavy (non-hydrogen) atoms. The summed E-state index contributed by atoms with van der Waals surface area (Å²) in [5, 5.41) is 2.90. The number of aryl methyl sites for hydroxylation is 1. The van der Waals surface area contributed by atoms with Crippen LogP contribution in [0.25, 0.3) is 11.0 Å². The van der Waals surface area contributed by atoms with E-state index in [1.54, 1.807) is 12.1 Å². The second-order valence-corrected chi connectivity index (χ2v) is 6.24. The monoisotopic (exact) mass is 339 g/mol. The first-order chi connectivity index (χ1) is 12.3. The Morgan fingerprint density at radius 3 is 2.76 bits per heavy atom. The lowest BCUT2D eigenvalue weighted by molar-refractivity contribution is 0.0921. The summed E-state index contributed by atoms with van der Waals surface area (Å²) in [6, 6.07) is 11.5. The lowest BCUT2D eigenvalue weighted by Gasteiger charge is -2.10. The average molecular weight is 339 g/mol. The molecule has 0 unspecified atom stereocenters. The Morgan fingerprint density at radius 2 is 1.96 bits per heavy atom. The Hall–Kier alpha value is -2.56. The summed E-state index contributed by atoms with van der Waals surface area (Å²) in [6.07, 6.45) is 7.65. The van der Waals surface area contributed by atoms with Gasteiger partial charge in [-0.25, -0.2) is 4.98 Å². The number of amides is 1. The molecule has 5 heteroatoms. The lowest BCUT2D eigenvalue weighted by atomic mass is 10.1. The number of hydrogen-bond acceptors (Lipinski definition) is 3. The molecule has 0 aliphatic rings. The van der Waals surface area contributed by atoms with Crippen molar-refractivity contribution < 1.29 is 9.21 Å². The smallest absolute Gasteiger partial charge is 0.287 e. The number of carbonyl (C=O) groups excluding carboxylic acids is 1. The molecule has 0 aliphatic heterocycles. The number of unbranched alkanes of at least 4 members (excludes halogenated alkanes) is 4. The van der Waals surface area contributed by atoms with Crippen LogP contribution in [0.15, 0.2) is 47.1 Å². The van der Waals surface area contributed by atoms with E-state index in [9.17, 15) is 4.79 Å². The fourth-order valence-electron chi connectivity index (χ4n) is 3.04. The number of fused-ring (bicyclic) bond motifs is 1. The molecule has 3 aromatic rings. The minimum Gasteiger partial charge on any atom is -0.459 e. The number of para-hydroxylation sites is 2. The minimum absolute atomic E-state index is 0.216. The van der Waals surface area contributed by atoms with Gasteiger partial charge in [-0.15, -0.1) is 0 Å². The zero-order chi connectivity index (χ0) is 17.5. The topological polar surface area (TPSA) is 60.1 Å². The van der Waals surface area contributed by atoms with E-state index < -0.39 is 0 Å². The molecule has 3 rings (SSSR count). The Kier molecular flexibility index (Phi) is 5.88. The SMILES string of the molecule is CCCCCCCn1c(CNC(=O)c2ccco2)nc2ccccc21. The Balaban J connectivity index is 1.70. The van der Waals surface area contributed by atoms with Crippen LogP contribution in [0.4, 0.5) is 0 Å². The van der Waals surface area contributed by atoms with Crippen molar-refractivity contribution in [1.29, 1.82) is 0 Å². The molecule has 2 heterocycles. The molecule has 0 saturated heterocycles. The molecule has 0 saturated carbocycles. The van der Waals surface area contributed by atoms with Gasteiger partial charge >= 0.3 is 0 Å². The summed E-state index contributed by atoms with van der Waals surface area (Å²) in [6.45, 7) is 3.54. The number of aromatic nitrogens is 2. The van der Waals surface area contributed by atoms with E-state index in [1.807, 2.05) is 18.2 Å². The first-order valence-electron chi connectivity index (χ1n) is 9.05. The van der Waals surface area contributed by atoms with Gasteiger partial charge in [0.25, 0.3) is 5.91 Å². The summed E-state index contributed by atoms with van der Waals surface area (Å²) < 4.78 is 7.36. The van der Waals surface area contributed by atoms with Gasteiger partial charge in [0.15, 0.2) is 5.76 Å². The van der Waals surface area contributed by atoms with Crippen LogP contribution in [-0.2, 0) is 13.1 Å². The van der Waals surface area contributed by atoms with Crippen LogP contribution < -0.4 is 5.32 Å². The van der Waals surface area contributed by atoms with Gasteiger partial charge in [0.05, 0.1) is 23.8 Å². The molecule has 132 valence electrons. The van der Waals surface area contributed by atoms with E-state index in [0.717, 1.165) is 29.8 Å². The molecule has 0 fully saturated rings. The second kappa shape index (κ2) is 8.51. The lowest BCUT2D eigenvalue weighted by Crippen LogP contribution is -2.24. The molecule has 0 spiro atoms. The third-order valence-corrected chi connectivity index (χ3v) is 4.37. The normalized spacial score (nSPS) is 11.1. The van der Waals surface area contributed by atoms with Gasteiger partial charge in [-0.1, -0.05) is 44.7 Å². The highest BCUT2D eigenvalue weighted by molar-refractivity contribution is 5.91. The Morgan fingerprint density at radius 1 is 1.12 bits per heavy atom.